The zero-order valence-electron chi connectivity index (χ0n) is 15.5. The average molecular weight is 348 g/mol. The number of nitrogens with zero attached hydrogens (tertiary/aromatic N) is 3. The Balaban J connectivity index is 0.000000671. The van der Waals surface area contributed by atoms with E-state index in [9.17, 15) is 0 Å². The van der Waals surface area contributed by atoms with Gasteiger partial charge in [-0.2, -0.15) is 0 Å². The topological polar surface area (TPSA) is 39.9 Å². The minimum atomic E-state index is 0.496. The van der Waals surface area contributed by atoms with Gasteiger partial charge < -0.3 is 9.30 Å². The minimum Gasteiger partial charge on any atom is -0.481 e. The van der Waals surface area contributed by atoms with Crippen molar-refractivity contribution < 1.29 is 4.74 Å². The molecule has 4 nitrogen and oxygen atoms in total. The number of pyridine rings is 2. The van der Waals surface area contributed by atoms with E-state index < -0.39 is 0 Å². The highest BCUT2D eigenvalue weighted by Crippen LogP contribution is 2.36. The maximum Gasteiger partial charge on any atom is 0.222 e. The number of hydrogen-bond acceptors (Lipinski definition) is 3. The molecule has 0 spiro atoms. The lowest BCUT2D eigenvalue weighted by Gasteiger charge is -2.09. The Bertz CT molecular complexity index is 797. The van der Waals surface area contributed by atoms with Gasteiger partial charge >= 0.3 is 0 Å². The van der Waals surface area contributed by atoms with E-state index in [1.807, 2.05) is 52.9 Å². The summed E-state index contributed by atoms with van der Waals surface area (Å²) in [5.41, 5.74) is 4.20. The van der Waals surface area contributed by atoms with Crippen LogP contribution in [0, 0.1) is 6.92 Å². The van der Waals surface area contributed by atoms with Gasteiger partial charge in [0.15, 0.2) is 0 Å². The first-order valence-electron chi connectivity index (χ1n) is 8.23. The Kier molecular flexibility index (Phi) is 7.72. The quantitative estimate of drug-likeness (QED) is 0.561. The lowest BCUT2D eigenvalue weighted by Crippen LogP contribution is -1.97. The number of methoxy groups -OCH3 is 1. The predicted molar refractivity (Wildman–Crippen MR) is 103 cm³/mol. The number of fused-ring (bicyclic) bond motifs is 1. The van der Waals surface area contributed by atoms with Gasteiger partial charge in [0, 0.05) is 18.6 Å². The van der Waals surface area contributed by atoms with Crippen LogP contribution in [0.1, 0.15) is 33.3 Å². The average Bonchev–Trinajstić information content (AvgIpc) is 2.88. The summed E-state index contributed by atoms with van der Waals surface area (Å²) in [5.74, 6) is 0.612. The second kappa shape index (κ2) is 9.28. The molecule has 0 saturated carbocycles. The van der Waals surface area contributed by atoms with E-state index in [0.29, 0.717) is 11.0 Å². The summed E-state index contributed by atoms with van der Waals surface area (Å²) in [5, 5.41) is 1.59. The molecule has 0 N–H and O–H groups in total. The van der Waals surface area contributed by atoms with E-state index in [1.54, 1.807) is 19.5 Å². The van der Waals surface area contributed by atoms with Crippen LogP contribution in [0.4, 0.5) is 0 Å². The first-order valence-corrected chi connectivity index (χ1v) is 8.61. The fourth-order valence-electron chi connectivity index (χ4n) is 2.61. The first-order chi connectivity index (χ1) is 11.6. The Morgan fingerprint density at radius 1 is 1.12 bits per heavy atom. The lowest BCUT2D eigenvalue weighted by atomic mass is 10.1. The summed E-state index contributed by atoms with van der Waals surface area (Å²) in [6, 6.07) is 5.79. The van der Waals surface area contributed by atoms with Crippen LogP contribution in [-0.4, -0.2) is 21.6 Å². The van der Waals surface area contributed by atoms with Crippen molar-refractivity contribution >= 4 is 22.5 Å². The standard InChI is InChI=1S/C15H14ClN3O.2C2H6/c1-9-11-7-13(16)18-8-12(11)19(2)14(9)10-5-4-6-17-15(10)20-3;2*1-2/h4-8H,1-3H3;2*1-2H3. The van der Waals surface area contributed by atoms with Crippen LogP contribution in [0.3, 0.4) is 0 Å². The van der Waals surface area contributed by atoms with Crippen LogP contribution in [0.5, 0.6) is 5.88 Å². The SMILES string of the molecule is CC.CC.COc1ncccc1-c1c(C)c2cc(Cl)ncc2n1C. The molecule has 3 aromatic heterocycles. The molecule has 24 heavy (non-hydrogen) atoms. The number of aryl methyl sites for hydroxylation is 2. The Morgan fingerprint density at radius 3 is 2.42 bits per heavy atom. The van der Waals surface area contributed by atoms with E-state index in [2.05, 4.69) is 21.5 Å². The van der Waals surface area contributed by atoms with E-state index in [4.69, 9.17) is 16.3 Å². The number of halogens is 1. The monoisotopic (exact) mass is 347 g/mol. The molecule has 0 amide bonds. The van der Waals surface area contributed by atoms with Crippen LogP contribution in [0.2, 0.25) is 5.15 Å². The predicted octanol–water partition coefficient (Wildman–Crippen LogP) is 5.66. The van der Waals surface area contributed by atoms with Crippen molar-refractivity contribution in [3.63, 3.8) is 0 Å². The molecule has 0 bridgehead atoms. The van der Waals surface area contributed by atoms with Crippen molar-refractivity contribution in [3.05, 3.63) is 41.3 Å². The van der Waals surface area contributed by atoms with Gasteiger partial charge in [-0.15, -0.1) is 0 Å². The molecule has 0 unspecified atom stereocenters. The number of rotatable bonds is 2. The van der Waals surface area contributed by atoms with Gasteiger partial charge in [-0.3, -0.25) is 0 Å². The summed E-state index contributed by atoms with van der Waals surface area (Å²) in [6.07, 6.45) is 3.51. The Labute approximate surface area is 149 Å². The van der Waals surface area contributed by atoms with Crippen LogP contribution in [0.15, 0.2) is 30.6 Å². The van der Waals surface area contributed by atoms with Crippen molar-refractivity contribution in [2.75, 3.05) is 7.11 Å². The van der Waals surface area contributed by atoms with Gasteiger partial charge in [0.2, 0.25) is 5.88 Å². The highest BCUT2D eigenvalue weighted by atomic mass is 35.5. The number of ether oxygens (including phenoxy) is 1. The van der Waals surface area contributed by atoms with Crippen molar-refractivity contribution in [2.24, 2.45) is 7.05 Å². The van der Waals surface area contributed by atoms with Gasteiger partial charge in [0.05, 0.1) is 30.1 Å². The van der Waals surface area contributed by atoms with Crippen molar-refractivity contribution in [2.45, 2.75) is 34.6 Å². The van der Waals surface area contributed by atoms with Gasteiger partial charge in [-0.05, 0) is 30.7 Å². The molecule has 0 fully saturated rings. The molecule has 3 heterocycles. The highest BCUT2D eigenvalue weighted by Gasteiger charge is 2.17. The Hall–Kier alpha value is -2.07. The summed E-state index contributed by atoms with van der Waals surface area (Å²) in [4.78, 5) is 8.42. The zero-order chi connectivity index (χ0) is 18.3. The van der Waals surface area contributed by atoms with Crippen LogP contribution in [-0.2, 0) is 7.05 Å². The van der Waals surface area contributed by atoms with E-state index in [-0.39, 0.29) is 0 Å². The third kappa shape index (κ3) is 3.70. The molecule has 3 rings (SSSR count). The van der Waals surface area contributed by atoms with E-state index >= 15 is 0 Å². The minimum absolute atomic E-state index is 0.496. The largest absolute Gasteiger partial charge is 0.481 e. The molecule has 0 aliphatic carbocycles. The van der Waals surface area contributed by atoms with E-state index in [1.165, 1.54) is 0 Å². The molecular weight excluding hydrogens is 322 g/mol. The van der Waals surface area contributed by atoms with E-state index in [0.717, 1.165) is 27.7 Å². The van der Waals surface area contributed by atoms with Crippen LogP contribution in [0.25, 0.3) is 22.2 Å². The van der Waals surface area contributed by atoms with Crippen molar-refractivity contribution in [1.82, 2.24) is 14.5 Å². The number of hydrogen-bond donors (Lipinski definition) is 0. The molecular formula is C19H26ClN3O. The van der Waals surface area contributed by atoms with Gasteiger partial charge in [0.1, 0.15) is 5.15 Å². The summed E-state index contributed by atoms with van der Waals surface area (Å²) in [7, 11) is 3.63. The van der Waals surface area contributed by atoms with Crippen molar-refractivity contribution in [3.8, 4) is 17.1 Å². The van der Waals surface area contributed by atoms with Gasteiger partial charge in [0.25, 0.3) is 0 Å². The smallest absolute Gasteiger partial charge is 0.222 e. The molecule has 3 aromatic rings. The molecule has 0 aliphatic rings. The number of aromatic nitrogens is 3. The summed E-state index contributed by atoms with van der Waals surface area (Å²) in [6.45, 7) is 10.1. The molecule has 0 aliphatic heterocycles. The molecule has 0 saturated heterocycles. The molecule has 0 atom stereocenters. The fourth-order valence-corrected chi connectivity index (χ4v) is 2.76. The molecule has 0 radical (unpaired) electrons. The Morgan fingerprint density at radius 2 is 1.79 bits per heavy atom. The first kappa shape index (κ1) is 20.0. The van der Waals surface area contributed by atoms with Gasteiger partial charge in [-0.25, -0.2) is 9.97 Å². The lowest BCUT2D eigenvalue weighted by molar-refractivity contribution is 0.399. The van der Waals surface area contributed by atoms with Gasteiger partial charge in [-0.1, -0.05) is 39.3 Å². The summed E-state index contributed by atoms with van der Waals surface area (Å²) < 4.78 is 7.45. The maximum atomic E-state index is 6.00. The third-order valence-electron chi connectivity index (χ3n) is 3.53. The summed E-state index contributed by atoms with van der Waals surface area (Å²) >= 11 is 6.00. The highest BCUT2D eigenvalue weighted by molar-refractivity contribution is 6.30. The second-order valence-electron chi connectivity index (χ2n) is 4.62. The fraction of sp³-hybridized carbons (Fsp3) is 0.368. The van der Waals surface area contributed by atoms with Crippen LogP contribution < -0.4 is 4.74 Å². The third-order valence-corrected chi connectivity index (χ3v) is 3.73. The second-order valence-corrected chi connectivity index (χ2v) is 5.00. The maximum absolute atomic E-state index is 6.00. The molecule has 5 heteroatoms. The van der Waals surface area contributed by atoms with Crippen molar-refractivity contribution in [1.29, 1.82) is 0 Å². The van der Waals surface area contributed by atoms with Crippen LogP contribution >= 0.6 is 11.6 Å². The normalized spacial score (nSPS) is 9.67. The zero-order valence-corrected chi connectivity index (χ0v) is 16.3. The molecule has 130 valence electrons. The molecule has 0 aromatic carbocycles.